The summed E-state index contributed by atoms with van der Waals surface area (Å²) in [4.78, 5) is 10.8. The van der Waals surface area contributed by atoms with Crippen molar-refractivity contribution in [1.82, 2.24) is 0 Å². The number of ether oxygens (including phenoxy) is 1. The number of carbonyl (C=O) groups is 1. The summed E-state index contributed by atoms with van der Waals surface area (Å²) in [7, 11) is 0. The highest BCUT2D eigenvalue weighted by Gasteiger charge is 1.99. The van der Waals surface area contributed by atoms with Gasteiger partial charge in [-0.2, -0.15) is 0 Å². The first-order valence-electron chi connectivity index (χ1n) is 5.53. The molecule has 0 unspecified atom stereocenters. The van der Waals surface area contributed by atoms with E-state index in [1.54, 1.807) is 0 Å². The van der Waals surface area contributed by atoms with Crippen molar-refractivity contribution in [2.24, 2.45) is 0 Å². The number of carbonyl (C=O) groups excluding carboxylic acids is 1. The lowest BCUT2D eigenvalue weighted by Gasteiger charge is -2.06. The quantitative estimate of drug-likeness (QED) is 0.364. The molecule has 0 aromatic rings. The van der Waals surface area contributed by atoms with Gasteiger partial charge in [0.25, 0.3) is 0 Å². The highest BCUT2D eigenvalue weighted by molar-refractivity contribution is 5.68. The molecule has 0 aromatic carbocycles. The minimum atomic E-state index is -0.112. The van der Waals surface area contributed by atoms with Crippen LogP contribution in [0.1, 0.15) is 46.5 Å². The molecule has 0 amide bonds. The van der Waals surface area contributed by atoms with Crippen LogP contribution in [0.3, 0.4) is 0 Å². The third-order valence-corrected chi connectivity index (χ3v) is 2.43. The Morgan fingerprint density at radius 2 is 2.00 bits per heavy atom. The highest BCUT2D eigenvalue weighted by atomic mass is 16.5. The van der Waals surface area contributed by atoms with E-state index in [1.165, 1.54) is 11.1 Å². The van der Waals surface area contributed by atoms with Gasteiger partial charge in [-0.25, -0.2) is 0 Å². The van der Waals surface area contributed by atoms with Crippen molar-refractivity contribution in [1.29, 1.82) is 0 Å². The van der Waals surface area contributed by atoms with Gasteiger partial charge in [-0.05, 0) is 33.1 Å². The smallest absolute Gasteiger partial charge is 0.305 e. The number of esters is 1. The molecule has 0 saturated heterocycles. The summed E-state index contributed by atoms with van der Waals surface area (Å²) >= 11 is 0. The maximum atomic E-state index is 10.8. The SMILES string of the molecule is C=CC/C(C)=C(\C)CCCOC(=O)CC. The van der Waals surface area contributed by atoms with Crippen LogP contribution in [-0.4, -0.2) is 12.6 Å². The summed E-state index contributed by atoms with van der Waals surface area (Å²) in [6, 6.07) is 0. The fourth-order valence-electron chi connectivity index (χ4n) is 1.23. The lowest BCUT2D eigenvalue weighted by Crippen LogP contribution is -2.03. The predicted molar refractivity (Wildman–Crippen MR) is 63.7 cm³/mol. The molecular formula is C13H22O2. The zero-order chi connectivity index (χ0) is 11.7. The Bertz CT molecular complexity index is 239. The molecule has 2 heteroatoms. The van der Waals surface area contributed by atoms with E-state index < -0.39 is 0 Å². The lowest BCUT2D eigenvalue weighted by atomic mass is 10.0. The van der Waals surface area contributed by atoms with Crippen molar-refractivity contribution in [3.05, 3.63) is 23.8 Å². The van der Waals surface area contributed by atoms with Crippen LogP contribution in [0.4, 0.5) is 0 Å². The van der Waals surface area contributed by atoms with Crippen LogP contribution in [0.15, 0.2) is 23.8 Å². The zero-order valence-electron chi connectivity index (χ0n) is 10.1. The average Bonchev–Trinajstić information content (AvgIpc) is 2.23. The van der Waals surface area contributed by atoms with Gasteiger partial charge in [0.2, 0.25) is 0 Å². The van der Waals surface area contributed by atoms with Crippen LogP contribution < -0.4 is 0 Å². The molecule has 0 aliphatic rings. The van der Waals surface area contributed by atoms with Crippen molar-refractivity contribution in [3.63, 3.8) is 0 Å². The normalized spacial score (nSPS) is 11.9. The maximum Gasteiger partial charge on any atom is 0.305 e. The number of hydrogen-bond donors (Lipinski definition) is 0. The predicted octanol–water partition coefficient (Wildman–Crippen LogP) is 3.63. The van der Waals surface area contributed by atoms with E-state index >= 15 is 0 Å². The van der Waals surface area contributed by atoms with Crippen LogP contribution in [0, 0.1) is 0 Å². The molecule has 0 aromatic heterocycles. The largest absolute Gasteiger partial charge is 0.466 e. The van der Waals surface area contributed by atoms with Crippen molar-refractivity contribution in [3.8, 4) is 0 Å². The molecule has 0 fully saturated rings. The summed E-state index contributed by atoms with van der Waals surface area (Å²) in [6.07, 6.45) is 5.23. The van der Waals surface area contributed by atoms with Gasteiger partial charge in [-0.3, -0.25) is 4.79 Å². The summed E-state index contributed by atoms with van der Waals surface area (Å²) in [5.74, 6) is -0.112. The molecule has 0 aliphatic heterocycles. The fourth-order valence-corrected chi connectivity index (χ4v) is 1.23. The molecule has 0 aliphatic carbocycles. The molecule has 15 heavy (non-hydrogen) atoms. The van der Waals surface area contributed by atoms with Gasteiger partial charge in [0.15, 0.2) is 0 Å². The fraction of sp³-hybridized carbons (Fsp3) is 0.615. The van der Waals surface area contributed by atoms with E-state index in [9.17, 15) is 4.79 Å². The minimum Gasteiger partial charge on any atom is -0.466 e. The molecule has 0 N–H and O–H groups in total. The van der Waals surface area contributed by atoms with Crippen molar-refractivity contribution in [2.45, 2.75) is 46.5 Å². The Hall–Kier alpha value is -1.05. The van der Waals surface area contributed by atoms with Crippen molar-refractivity contribution >= 4 is 5.97 Å². The Balaban J connectivity index is 3.71. The molecule has 0 spiro atoms. The third kappa shape index (κ3) is 6.95. The van der Waals surface area contributed by atoms with Gasteiger partial charge in [0.05, 0.1) is 6.61 Å². The first kappa shape index (κ1) is 13.9. The summed E-state index contributed by atoms with van der Waals surface area (Å²) < 4.78 is 5.00. The molecule has 0 saturated carbocycles. The first-order chi connectivity index (χ1) is 7.11. The third-order valence-electron chi connectivity index (χ3n) is 2.43. The van der Waals surface area contributed by atoms with Crippen molar-refractivity contribution in [2.75, 3.05) is 6.61 Å². The summed E-state index contributed by atoms with van der Waals surface area (Å²) in [5.41, 5.74) is 2.74. The number of rotatable bonds is 7. The van der Waals surface area contributed by atoms with Gasteiger partial charge < -0.3 is 4.74 Å². The van der Waals surface area contributed by atoms with Gasteiger partial charge in [-0.1, -0.05) is 24.1 Å². The van der Waals surface area contributed by atoms with Gasteiger partial charge in [0.1, 0.15) is 0 Å². The Kier molecular flexibility index (Phi) is 7.69. The van der Waals surface area contributed by atoms with Crippen LogP contribution >= 0.6 is 0 Å². The van der Waals surface area contributed by atoms with E-state index in [0.29, 0.717) is 13.0 Å². The molecule has 2 nitrogen and oxygen atoms in total. The first-order valence-corrected chi connectivity index (χ1v) is 5.53. The van der Waals surface area contributed by atoms with Gasteiger partial charge >= 0.3 is 5.97 Å². The van der Waals surface area contributed by atoms with Crippen molar-refractivity contribution < 1.29 is 9.53 Å². The molecule has 0 radical (unpaired) electrons. The summed E-state index contributed by atoms with van der Waals surface area (Å²) in [5, 5.41) is 0. The van der Waals surface area contributed by atoms with Gasteiger partial charge in [0, 0.05) is 6.42 Å². The van der Waals surface area contributed by atoms with E-state index in [4.69, 9.17) is 4.74 Å². The molecular weight excluding hydrogens is 188 g/mol. The molecule has 86 valence electrons. The Labute approximate surface area is 93.0 Å². The van der Waals surface area contributed by atoms with E-state index in [-0.39, 0.29) is 5.97 Å². The van der Waals surface area contributed by atoms with Gasteiger partial charge in [-0.15, -0.1) is 6.58 Å². The molecule has 0 bridgehead atoms. The van der Waals surface area contributed by atoms with E-state index in [2.05, 4.69) is 20.4 Å². The average molecular weight is 210 g/mol. The van der Waals surface area contributed by atoms with E-state index in [1.807, 2.05) is 13.0 Å². The molecule has 0 rings (SSSR count). The highest BCUT2D eigenvalue weighted by Crippen LogP contribution is 2.13. The van der Waals surface area contributed by atoms with Crippen LogP contribution in [0.5, 0.6) is 0 Å². The minimum absolute atomic E-state index is 0.112. The van der Waals surface area contributed by atoms with Crippen LogP contribution in [0.2, 0.25) is 0 Å². The second-order valence-corrected chi connectivity index (χ2v) is 3.73. The Morgan fingerprint density at radius 1 is 1.33 bits per heavy atom. The second kappa shape index (κ2) is 8.27. The number of allylic oxidation sites excluding steroid dienone is 3. The summed E-state index contributed by atoms with van der Waals surface area (Å²) in [6.45, 7) is 10.3. The zero-order valence-corrected chi connectivity index (χ0v) is 10.1. The topological polar surface area (TPSA) is 26.3 Å². The standard InChI is InChI=1S/C13H22O2/c1-5-8-11(3)12(4)9-7-10-15-13(14)6-2/h5H,1,6-10H2,2-4H3/b12-11+. The molecule has 0 atom stereocenters. The van der Waals surface area contributed by atoms with Crippen LogP contribution in [-0.2, 0) is 9.53 Å². The number of hydrogen-bond acceptors (Lipinski definition) is 2. The molecule has 0 heterocycles. The lowest BCUT2D eigenvalue weighted by molar-refractivity contribution is -0.143. The Morgan fingerprint density at radius 3 is 2.53 bits per heavy atom. The second-order valence-electron chi connectivity index (χ2n) is 3.73. The van der Waals surface area contributed by atoms with E-state index in [0.717, 1.165) is 19.3 Å². The monoisotopic (exact) mass is 210 g/mol. The van der Waals surface area contributed by atoms with Crippen LogP contribution in [0.25, 0.3) is 0 Å². The maximum absolute atomic E-state index is 10.8.